The first kappa shape index (κ1) is 14.6. The topological polar surface area (TPSA) is 72.2 Å². The summed E-state index contributed by atoms with van der Waals surface area (Å²) in [5, 5.41) is 3.29. The van der Waals surface area contributed by atoms with Crippen molar-refractivity contribution in [3.63, 3.8) is 0 Å². The van der Waals surface area contributed by atoms with Crippen LogP contribution in [0, 0.1) is 11.8 Å². The van der Waals surface area contributed by atoms with Gasteiger partial charge in [-0.05, 0) is 38.1 Å². The van der Waals surface area contributed by atoms with Crippen molar-refractivity contribution in [2.45, 2.75) is 44.4 Å². The first-order valence-corrected chi connectivity index (χ1v) is 7.66. The molecule has 0 radical (unpaired) electrons. The molecule has 0 saturated heterocycles. The second-order valence-electron chi connectivity index (χ2n) is 5.24. The van der Waals surface area contributed by atoms with E-state index in [1.54, 1.807) is 0 Å². The van der Waals surface area contributed by atoms with E-state index in [1.165, 1.54) is 6.42 Å². The summed E-state index contributed by atoms with van der Waals surface area (Å²) in [5.74, 6) is 0.750. The van der Waals surface area contributed by atoms with E-state index in [2.05, 4.69) is 19.2 Å². The molecule has 1 aliphatic rings. The average Bonchev–Trinajstić information content (AvgIpc) is 2.27. The Morgan fingerprint density at radius 3 is 2.59 bits per heavy atom. The molecular formula is C12H24N2O2S. The van der Waals surface area contributed by atoms with E-state index in [0.717, 1.165) is 12.8 Å². The van der Waals surface area contributed by atoms with Crippen molar-refractivity contribution < 1.29 is 9.00 Å². The number of primary amides is 1. The summed E-state index contributed by atoms with van der Waals surface area (Å²) >= 11 is 0. The largest absolute Gasteiger partial charge is 0.369 e. The molecule has 1 saturated carbocycles. The highest BCUT2D eigenvalue weighted by atomic mass is 32.2. The van der Waals surface area contributed by atoms with Crippen LogP contribution in [0.15, 0.2) is 0 Å². The second kappa shape index (κ2) is 6.50. The van der Waals surface area contributed by atoms with Gasteiger partial charge in [0.05, 0.1) is 5.25 Å². The van der Waals surface area contributed by atoms with Crippen LogP contribution >= 0.6 is 0 Å². The van der Waals surface area contributed by atoms with E-state index in [9.17, 15) is 9.00 Å². The van der Waals surface area contributed by atoms with Crippen molar-refractivity contribution in [1.82, 2.24) is 5.32 Å². The quantitative estimate of drug-likeness (QED) is 0.761. The van der Waals surface area contributed by atoms with Crippen LogP contribution in [-0.2, 0) is 15.6 Å². The minimum absolute atomic E-state index is 0.00629. The molecule has 0 bridgehead atoms. The molecule has 1 amide bonds. The van der Waals surface area contributed by atoms with Gasteiger partial charge in [-0.15, -0.1) is 0 Å². The lowest BCUT2D eigenvalue weighted by molar-refractivity contribution is -0.115. The monoisotopic (exact) mass is 260 g/mol. The molecule has 1 rings (SSSR count). The predicted octanol–water partition coefficient (Wildman–Crippen LogP) is 0.633. The van der Waals surface area contributed by atoms with Crippen molar-refractivity contribution in [2.24, 2.45) is 17.6 Å². The van der Waals surface area contributed by atoms with Gasteiger partial charge >= 0.3 is 0 Å². The van der Waals surface area contributed by atoms with Crippen molar-refractivity contribution >= 4 is 16.7 Å². The summed E-state index contributed by atoms with van der Waals surface area (Å²) in [6, 6.07) is 0.255. The van der Waals surface area contributed by atoms with Crippen molar-refractivity contribution in [3.05, 3.63) is 0 Å². The fourth-order valence-electron chi connectivity index (χ4n) is 2.63. The highest BCUT2D eigenvalue weighted by Crippen LogP contribution is 2.32. The van der Waals surface area contributed by atoms with Crippen LogP contribution in [0.4, 0.5) is 0 Å². The lowest BCUT2D eigenvalue weighted by atomic mass is 9.79. The fraction of sp³-hybridized carbons (Fsp3) is 0.917. The smallest absolute Gasteiger partial charge is 0.230 e. The van der Waals surface area contributed by atoms with Crippen LogP contribution in [0.2, 0.25) is 0 Å². The third-order valence-electron chi connectivity index (χ3n) is 3.77. The maximum Gasteiger partial charge on any atom is 0.230 e. The van der Waals surface area contributed by atoms with Gasteiger partial charge in [0.15, 0.2) is 0 Å². The van der Waals surface area contributed by atoms with E-state index in [1.807, 2.05) is 7.05 Å². The van der Waals surface area contributed by atoms with Gasteiger partial charge in [0.25, 0.3) is 0 Å². The fourth-order valence-corrected chi connectivity index (χ4v) is 4.23. The second-order valence-corrected chi connectivity index (χ2v) is 6.90. The summed E-state index contributed by atoms with van der Waals surface area (Å²) in [6.07, 6.45) is 3.14. The summed E-state index contributed by atoms with van der Waals surface area (Å²) in [7, 11) is 0.757. The van der Waals surface area contributed by atoms with Gasteiger partial charge in [-0.3, -0.25) is 9.00 Å². The number of rotatable bonds is 5. The summed E-state index contributed by atoms with van der Waals surface area (Å²) < 4.78 is 12.1. The molecular weight excluding hydrogens is 236 g/mol. The molecule has 100 valence electrons. The maximum absolute atomic E-state index is 12.1. The Kier molecular flexibility index (Phi) is 5.59. The number of nitrogens with one attached hydrogen (secondary N) is 1. The van der Waals surface area contributed by atoms with Gasteiger partial charge in [0.2, 0.25) is 5.91 Å². The predicted molar refractivity (Wildman–Crippen MR) is 71.0 cm³/mol. The van der Waals surface area contributed by atoms with E-state index >= 15 is 0 Å². The highest BCUT2D eigenvalue weighted by Gasteiger charge is 2.34. The zero-order valence-electron chi connectivity index (χ0n) is 10.9. The molecule has 5 heteroatoms. The third-order valence-corrected chi connectivity index (χ3v) is 5.53. The summed E-state index contributed by atoms with van der Waals surface area (Å²) in [6.45, 7) is 4.41. The normalized spacial score (nSPS) is 31.4. The minimum atomic E-state index is -1.14. The molecule has 4 unspecified atom stereocenters. The first-order chi connectivity index (χ1) is 7.95. The zero-order chi connectivity index (χ0) is 13.0. The van der Waals surface area contributed by atoms with Gasteiger partial charge in [0, 0.05) is 16.8 Å². The first-order valence-electron chi connectivity index (χ1n) is 6.28. The Labute approximate surface area is 106 Å². The minimum Gasteiger partial charge on any atom is -0.369 e. The number of carbonyl (C=O) groups is 1. The summed E-state index contributed by atoms with van der Waals surface area (Å²) in [5.41, 5.74) is 5.13. The van der Waals surface area contributed by atoms with Crippen molar-refractivity contribution in [1.29, 1.82) is 0 Å². The van der Waals surface area contributed by atoms with E-state index in [0.29, 0.717) is 11.8 Å². The molecule has 0 aromatic rings. The Hall–Kier alpha value is -0.420. The molecule has 1 aliphatic carbocycles. The molecule has 3 N–H and O–H groups in total. The zero-order valence-corrected chi connectivity index (χ0v) is 11.8. The molecule has 0 aliphatic heterocycles. The van der Waals surface area contributed by atoms with Gasteiger partial charge in [0.1, 0.15) is 5.75 Å². The van der Waals surface area contributed by atoms with Crippen molar-refractivity contribution in [3.8, 4) is 0 Å². The molecule has 17 heavy (non-hydrogen) atoms. The number of amides is 1. The number of hydrogen-bond donors (Lipinski definition) is 2. The maximum atomic E-state index is 12.1. The molecule has 0 heterocycles. The van der Waals surface area contributed by atoms with Crippen LogP contribution in [0.5, 0.6) is 0 Å². The number of hydrogen-bond acceptors (Lipinski definition) is 3. The van der Waals surface area contributed by atoms with Crippen LogP contribution in [0.3, 0.4) is 0 Å². The Morgan fingerprint density at radius 1 is 1.47 bits per heavy atom. The van der Waals surface area contributed by atoms with Crippen LogP contribution in [0.1, 0.15) is 33.1 Å². The number of nitrogens with two attached hydrogens (primary N) is 1. The molecule has 4 nitrogen and oxygen atoms in total. The lowest BCUT2D eigenvalue weighted by Crippen LogP contribution is -2.47. The van der Waals surface area contributed by atoms with E-state index < -0.39 is 16.7 Å². The third kappa shape index (κ3) is 4.07. The van der Waals surface area contributed by atoms with Gasteiger partial charge in [-0.1, -0.05) is 13.8 Å². The van der Waals surface area contributed by atoms with Gasteiger partial charge in [-0.25, -0.2) is 0 Å². The van der Waals surface area contributed by atoms with Gasteiger partial charge < -0.3 is 11.1 Å². The molecule has 4 atom stereocenters. The Bertz CT molecular complexity index is 294. The van der Waals surface area contributed by atoms with Crippen molar-refractivity contribution in [2.75, 3.05) is 12.8 Å². The van der Waals surface area contributed by atoms with Crippen LogP contribution in [-0.4, -0.2) is 34.2 Å². The molecule has 0 aromatic carbocycles. The average molecular weight is 260 g/mol. The summed E-state index contributed by atoms with van der Waals surface area (Å²) in [4.78, 5) is 10.9. The molecule has 0 spiro atoms. The van der Waals surface area contributed by atoms with E-state index in [-0.39, 0.29) is 17.0 Å². The Morgan fingerprint density at radius 2 is 2.12 bits per heavy atom. The highest BCUT2D eigenvalue weighted by molar-refractivity contribution is 7.86. The van der Waals surface area contributed by atoms with E-state index in [4.69, 9.17) is 5.73 Å². The Balaban J connectivity index is 2.69. The van der Waals surface area contributed by atoms with Crippen LogP contribution in [0.25, 0.3) is 0 Å². The molecule has 0 aromatic heterocycles. The number of carbonyl (C=O) groups excluding carboxylic acids is 1. The lowest BCUT2D eigenvalue weighted by Gasteiger charge is -2.37. The SMILES string of the molecule is CNC1CCC(C(C)C)CC1S(=O)CC(N)=O. The molecule has 1 fully saturated rings. The standard InChI is InChI=1S/C12H24N2O2S/c1-8(2)9-4-5-10(14-3)11(6-9)17(16)7-12(13)15/h8-11,14H,4-7H2,1-3H3,(H2,13,15). The van der Waals surface area contributed by atoms with Gasteiger partial charge in [-0.2, -0.15) is 0 Å². The van der Waals surface area contributed by atoms with Crippen LogP contribution < -0.4 is 11.1 Å².